The van der Waals surface area contributed by atoms with Crippen molar-refractivity contribution in [3.8, 4) is 11.5 Å². The van der Waals surface area contributed by atoms with E-state index < -0.39 is 54.4 Å². The molecule has 3 aromatic carbocycles. The van der Waals surface area contributed by atoms with Crippen LogP contribution in [0.4, 0.5) is 0 Å². The van der Waals surface area contributed by atoms with Crippen molar-refractivity contribution in [1.29, 1.82) is 0 Å². The lowest BCUT2D eigenvalue weighted by Gasteiger charge is -2.39. The van der Waals surface area contributed by atoms with Gasteiger partial charge in [0.25, 0.3) is 0 Å². The fourth-order valence-corrected chi connectivity index (χ4v) is 6.38. The molecule has 2 saturated heterocycles. The molecular weight excluding hydrogens is 542 g/mol. The molecular formula is C32H27NO9. The number of aromatic hydroxyl groups is 1. The zero-order chi connectivity index (χ0) is 29.4. The van der Waals surface area contributed by atoms with Crippen molar-refractivity contribution in [2.45, 2.75) is 57.1 Å². The smallest absolute Gasteiger partial charge is 0.335 e. The zero-order valence-corrected chi connectivity index (χ0v) is 22.7. The average Bonchev–Trinajstić information content (AvgIpc) is 3.31. The highest BCUT2D eigenvalue weighted by molar-refractivity contribution is 6.41. The van der Waals surface area contributed by atoms with Gasteiger partial charge in [0, 0.05) is 23.1 Å². The van der Waals surface area contributed by atoms with Gasteiger partial charge in [-0.3, -0.25) is 9.59 Å². The molecule has 6 atom stereocenters. The Morgan fingerprint density at radius 3 is 2.45 bits per heavy atom. The van der Waals surface area contributed by atoms with Gasteiger partial charge >= 0.3 is 5.97 Å². The van der Waals surface area contributed by atoms with E-state index in [-0.39, 0.29) is 45.9 Å². The number of hydrogen-bond acceptors (Lipinski definition) is 10. The maximum Gasteiger partial charge on any atom is 0.335 e. The molecule has 3 aliphatic heterocycles. The second-order valence-electron chi connectivity index (χ2n) is 11.0. The summed E-state index contributed by atoms with van der Waals surface area (Å²) in [6, 6.07) is 15.6. The van der Waals surface area contributed by atoms with Crippen molar-refractivity contribution < 1.29 is 43.9 Å². The number of carbonyl (C=O) groups is 3. The van der Waals surface area contributed by atoms with Gasteiger partial charge in [0.05, 0.1) is 23.3 Å². The Labute approximate surface area is 240 Å². The van der Waals surface area contributed by atoms with E-state index in [1.807, 2.05) is 0 Å². The van der Waals surface area contributed by atoms with Crippen molar-refractivity contribution in [2.75, 3.05) is 0 Å². The molecule has 7 rings (SSSR count). The van der Waals surface area contributed by atoms with Gasteiger partial charge in [-0.1, -0.05) is 42.5 Å². The number of ether oxygens (including phenoxy) is 3. The molecule has 3 heterocycles. The average molecular weight is 570 g/mol. The van der Waals surface area contributed by atoms with Crippen LogP contribution in [0.3, 0.4) is 0 Å². The summed E-state index contributed by atoms with van der Waals surface area (Å²) in [5, 5.41) is 31.4. The van der Waals surface area contributed by atoms with Crippen LogP contribution in [0.2, 0.25) is 0 Å². The highest BCUT2D eigenvalue weighted by Gasteiger charge is 2.54. The first-order valence-electron chi connectivity index (χ1n) is 13.7. The molecule has 3 aromatic rings. The summed E-state index contributed by atoms with van der Waals surface area (Å²) in [5.74, 6) is -1.86. The van der Waals surface area contributed by atoms with E-state index in [2.05, 4.69) is 0 Å². The molecule has 4 aliphatic rings. The largest absolute Gasteiger partial charge is 0.507 e. The first-order valence-corrected chi connectivity index (χ1v) is 13.7. The van der Waals surface area contributed by atoms with E-state index in [4.69, 9.17) is 14.2 Å². The lowest BCUT2D eigenvalue weighted by atomic mass is 9.78. The number of nitrogens with zero attached hydrogens (tertiary/aromatic N) is 1. The lowest BCUT2D eigenvalue weighted by Crippen LogP contribution is -2.48. The third kappa shape index (κ3) is 3.79. The first kappa shape index (κ1) is 26.4. The minimum atomic E-state index is -1.11. The minimum Gasteiger partial charge on any atom is -0.507 e. The number of Topliss-reactive ketones (excluding diaryl/α,β-unsaturated/α-hetero) is 2. The maximum atomic E-state index is 14.5. The van der Waals surface area contributed by atoms with Gasteiger partial charge in [0.2, 0.25) is 18.3 Å². The van der Waals surface area contributed by atoms with Crippen LogP contribution >= 0.6 is 0 Å². The second-order valence-corrected chi connectivity index (χ2v) is 11.0. The van der Waals surface area contributed by atoms with E-state index in [9.17, 15) is 29.7 Å². The summed E-state index contributed by atoms with van der Waals surface area (Å²) in [4.78, 5) is 43.7. The SMILES string of the molecule is Cc1cc(O)c2c(c1)C1OC(=O)[C@@H](c3ccccc3)N1C1=C2C(=O)c2cccc(OC3CC(O)C(O)C(C)O3)c2C1=O. The molecule has 0 radical (unpaired) electrons. The summed E-state index contributed by atoms with van der Waals surface area (Å²) in [6.07, 6.45) is -5.05. The van der Waals surface area contributed by atoms with Crippen LogP contribution in [0, 0.1) is 6.92 Å². The maximum absolute atomic E-state index is 14.5. The number of phenolic OH excluding ortho intramolecular Hbond substituents is 1. The molecule has 214 valence electrons. The number of aliphatic hydroxyl groups excluding tert-OH is 2. The number of aliphatic hydroxyl groups is 2. The summed E-state index contributed by atoms with van der Waals surface area (Å²) >= 11 is 0. The number of carbonyl (C=O) groups excluding carboxylic acids is 3. The third-order valence-electron chi connectivity index (χ3n) is 8.27. The number of fused-ring (bicyclic) bond motifs is 6. The van der Waals surface area contributed by atoms with E-state index in [1.54, 1.807) is 56.3 Å². The van der Waals surface area contributed by atoms with E-state index in [1.165, 1.54) is 23.1 Å². The Kier molecular flexibility index (Phi) is 5.98. The van der Waals surface area contributed by atoms with Gasteiger partial charge in [-0.2, -0.15) is 0 Å². The van der Waals surface area contributed by atoms with Gasteiger partial charge in [-0.05, 0) is 43.2 Å². The number of benzene rings is 3. The zero-order valence-electron chi connectivity index (χ0n) is 22.7. The number of ketones is 2. The normalized spacial score (nSPS) is 28.1. The predicted molar refractivity (Wildman–Crippen MR) is 146 cm³/mol. The minimum absolute atomic E-state index is 0.0197. The quantitative estimate of drug-likeness (QED) is 0.402. The van der Waals surface area contributed by atoms with Crippen molar-refractivity contribution >= 4 is 23.1 Å². The van der Waals surface area contributed by atoms with Crippen LogP contribution in [0.15, 0.2) is 66.4 Å². The van der Waals surface area contributed by atoms with Crippen molar-refractivity contribution in [2.24, 2.45) is 0 Å². The number of aryl methyl sites for hydroxylation is 1. The Hall–Kier alpha value is -4.51. The Morgan fingerprint density at radius 2 is 1.71 bits per heavy atom. The highest BCUT2D eigenvalue weighted by Crippen LogP contribution is 2.54. The van der Waals surface area contributed by atoms with Crippen LogP contribution in [0.5, 0.6) is 11.5 Å². The van der Waals surface area contributed by atoms with Crippen LogP contribution in [-0.2, 0) is 14.3 Å². The number of hydrogen-bond donors (Lipinski definition) is 3. The van der Waals surface area contributed by atoms with Crippen LogP contribution in [0.1, 0.15) is 68.6 Å². The lowest BCUT2D eigenvalue weighted by molar-refractivity contribution is -0.216. The Morgan fingerprint density at radius 1 is 0.952 bits per heavy atom. The molecule has 3 N–H and O–H groups in total. The Bertz CT molecular complexity index is 1690. The monoisotopic (exact) mass is 569 g/mol. The highest BCUT2D eigenvalue weighted by atomic mass is 16.7. The van der Waals surface area contributed by atoms with Gasteiger partial charge in [0.1, 0.15) is 23.3 Å². The van der Waals surface area contributed by atoms with Crippen molar-refractivity contribution in [1.82, 2.24) is 4.90 Å². The van der Waals surface area contributed by atoms with Gasteiger partial charge < -0.3 is 34.4 Å². The molecule has 1 aliphatic carbocycles. The molecule has 0 amide bonds. The molecule has 10 heteroatoms. The van der Waals surface area contributed by atoms with Crippen LogP contribution in [-0.4, -0.2) is 62.4 Å². The molecule has 0 bridgehead atoms. The third-order valence-corrected chi connectivity index (χ3v) is 8.27. The number of allylic oxidation sites excluding steroid dienone is 2. The standard InChI is InChI=1S/C32H27NO9/c1-14-11-18-23(19(34)12-14)25-27(33-26(32(39)42-31(18)33)16-7-4-3-5-8-16)30(38)24-17(29(25)37)9-6-10-21(24)41-22-13-20(35)28(36)15(2)40-22/h3-12,15,20,22,26,28,31,34-36H,13H2,1-2H3/t15?,20?,22?,26-,28?,31?/m1/s1. The molecule has 0 spiro atoms. The summed E-state index contributed by atoms with van der Waals surface area (Å²) < 4.78 is 17.6. The summed E-state index contributed by atoms with van der Waals surface area (Å²) in [5.41, 5.74) is 1.76. The molecule has 0 saturated carbocycles. The van der Waals surface area contributed by atoms with E-state index in [0.29, 0.717) is 16.7 Å². The number of rotatable bonds is 3. The van der Waals surface area contributed by atoms with Gasteiger partial charge in [-0.25, -0.2) is 4.79 Å². The predicted octanol–water partition coefficient (Wildman–Crippen LogP) is 3.34. The fourth-order valence-electron chi connectivity index (χ4n) is 6.38. The van der Waals surface area contributed by atoms with Crippen LogP contribution < -0.4 is 4.74 Å². The fraction of sp³-hybridized carbons (Fsp3) is 0.281. The Balaban J connectivity index is 1.41. The first-order chi connectivity index (χ1) is 20.2. The summed E-state index contributed by atoms with van der Waals surface area (Å²) in [7, 11) is 0. The van der Waals surface area contributed by atoms with Gasteiger partial charge in [0.15, 0.2) is 11.8 Å². The van der Waals surface area contributed by atoms with Crippen LogP contribution in [0.25, 0.3) is 5.57 Å². The topological polar surface area (TPSA) is 143 Å². The van der Waals surface area contributed by atoms with Crippen molar-refractivity contribution in [3.05, 3.63) is 99.7 Å². The molecule has 0 aromatic heterocycles. The second kappa shape index (κ2) is 9.52. The number of phenols is 1. The molecule has 10 nitrogen and oxygen atoms in total. The molecule has 5 unspecified atom stereocenters. The van der Waals surface area contributed by atoms with E-state index in [0.717, 1.165) is 0 Å². The van der Waals surface area contributed by atoms with Crippen molar-refractivity contribution in [3.63, 3.8) is 0 Å². The molecule has 42 heavy (non-hydrogen) atoms. The summed E-state index contributed by atoms with van der Waals surface area (Å²) in [6.45, 7) is 3.37. The molecule has 2 fully saturated rings. The van der Waals surface area contributed by atoms with Gasteiger partial charge in [-0.15, -0.1) is 0 Å². The number of esters is 1. The van der Waals surface area contributed by atoms with E-state index >= 15 is 0 Å².